The maximum atomic E-state index is 9.57. The highest BCUT2D eigenvalue weighted by molar-refractivity contribution is 9.10. The molecule has 0 aromatic heterocycles. The average Bonchev–Trinajstić information content (AvgIpc) is 2.35. The van der Waals surface area contributed by atoms with Crippen LogP contribution in [0.1, 0.15) is 26.3 Å². The molecule has 2 nitrogen and oxygen atoms in total. The maximum absolute atomic E-state index is 9.57. The number of hydrogen-bond donors (Lipinski definition) is 1. The van der Waals surface area contributed by atoms with Crippen molar-refractivity contribution in [3.8, 4) is 0 Å². The van der Waals surface area contributed by atoms with Crippen LogP contribution >= 0.6 is 15.9 Å². The van der Waals surface area contributed by atoms with E-state index in [2.05, 4.69) is 61.9 Å². The van der Waals surface area contributed by atoms with Gasteiger partial charge in [0.25, 0.3) is 0 Å². The van der Waals surface area contributed by atoms with Crippen LogP contribution in [-0.2, 0) is 10.8 Å². The Balaban J connectivity index is 2.58. The first-order valence-electron chi connectivity index (χ1n) is 7.15. The lowest BCUT2D eigenvalue weighted by Crippen LogP contribution is -2.42. The van der Waals surface area contributed by atoms with Gasteiger partial charge in [0.15, 0.2) is 8.32 Å². The van der Waals surface area contributed by atoms with Crippen LogP contribution in [0.4, 0.5) is 0 Å². The van der Waals surface area contributed by atoms with Gasteiger partial charge in [-0.15, -0.1) is 0 Å². The van der Waals surface area contributed by atoms with Crippen molar-refractivity contribution in [2.75, 3.05) is 13.2 Å². The first kappa shape index (κ1) is 17.9. The van der Waals surface area contributed by atoms with E-state index in [1.54, 1.807) is 0 Å². The molecule has 4 heteroatoms. The molecule has 0 aliphatic carbocycles. The Morgan fingerprint density at radius 3 is 2.20 bits per heavy atom. The number of benzene rings is 1. The number of halogens is 1. The van der Waals surface area contributed by atoms with Crippen molar-refractivity contribution >= 4 is 24.2 Å². The highest BCUT2D eigenvalue weighted by Gasteiger charge is 2.37. The molecule has 1 aromatic rings. The van der Waals surface area contributed by atoms with E-state index >= 15 is 0 Å². The summed E-state index contributed by atoms with van der Waals surface area (Å²) in [4.78, 5) is 0. The van der Waals surface area contributed by atoms with Crippen molar-refractivity contribution in [3.05, 3.63) is 34.3 Å². The highest BCUT2D eigenvalue weighted by atomic mass is 79.9. The van der Waals surface area contributed by atoms with Crippen molar-refractivity contribution < 1.29 is 9.53 Å². The SMILES string of the molecule is CC(C)(C)[Si](C)(C)OCC(CO)Cc1ccc(Br)cc1. The molecular weight excluding hydrogens is 332 g/mol. The van der Waals surface area contributed by atoms with Crippen LogP contribution < -0.4 is 0 Å². The molecule has 1 rings (SSSR count). The van der Waals surface area contributed by atoms with E-state index in [9.17, 15) is 5.11 Å². The maximum Gasteiger partial charge on any atom is 0.191 e. The molecule has 0 amide bonds. The second kappa shape index (κ2) is 7.21. The van der Waals surface area contributed by atoms with Crippen molar-refractivity contribution in [1.29, 1.82) is 0 Å². The molecule has 0 saturated heterocycles. The van der Waals surface area contributed by atoms with E-state index in [0.29, 0.717) is 6.61 Å². The number of hydrogen-bond acceptors (Lipinski definition) is 2. The zero-order valence-electron chi connectivity index (χ0n) is 13.2. The average molecular weight is 359 g/mol. The molecule has 0 heterocycles. The lowest BCUT2D eigenvalue weighted by atomic mass is 10.0. The van der Waals surface area contributed by atoms with Gasteiger partial charge in [0, 0.05) is 23.6 Å². The summed E-state index contributed by atoms with van der Waals surface area (Å²) in [6.07, 6.45) is 0.860. The molecule has 0 fully saturated rings. The lowest BCUT2D eigenvalue weighted by molar-refractivity contribution is 0.153. The predicted octanol–water partition coefficient (Wildman–Crippen LogP) is 4.62. The quantitative estimate of drug-likeness (QED) is 0.751. The van der Waals surface area contributed by atoms with E-state index in [-0.39, 0.29) is 17.6 Å². The summed E-state index contributed by atoms with van der Waals surface area (Å²) in [6, 6.07) is 8.27. The molecule has 20 heavy (non-hydrogen) atoms. The molecule has 0 bridgehead atoms. The van der Waals surface area contributed by atoms with E-state index in [1.165, 1.54) is 5.56 Å². The van der Waals surface area contributed by atoms with E-state index in [0.717, 1.165) is 10.9 Å². The Kier molecular flexibility index (Phi) is 6.45. The summed E-state index contributed by atoms with van der Waals surface area (Å²) in [5.41, 5.74) is 1.24. The van der Waals surface area contributed by atoms with Gasteiger partial charge in [0.1, 0.15) is 0 Å². The standard InChI is InChI=1S/C16H27BrO2Si/c1-16(2,3)20(4,5)19-12-14(11-18)10-13-6-8-15(17)9-7-13/h6-9,14,18H,10-12H2,1-5H3. The van der Waals surface area contributed by atoms with Gasteiger partial charge in [-0.1, -0.05) is 48.8 Å². The van der Waals surface area contributed by atoms with Gasteiger partial charge in [0.05, 0.1) is 0 Å². The zero-order valence-corrected chi connectivity index (χ0v) is 15.8. The van der Waals surface area contributed by atoms with Gasteiger partial charge in [-0.3, -0.25) is 0 Å². The lowest BCUT2D eigenvalue weighted by Gasteiger charge is -2.37. The molecule has 0 aliphatic heterocycles. The molecular formula is C16H27BrO2Si. The Labute approximate surface area is 132 Å². The molecule has 0 spiro atoms. The zero-order chi connectivity index (χ0) is 15.4. The summed E-state index contributed by atoms with van der Waals surface area (Å²) in [6.45, 7) is 12.0. The molecule has 0 radical (unpaired) electrons. The van der Waals surface area contributed by atoms with E-state index in [1.807, 2.05) is 12.1 Å². The van der Waals surface area contributed by atoms with E-state index < -0.39 is 8.32 Å². The molecule has 1 N–H and O–H groups in total. The highest BCUT2D eigenvalue weighted by Crippen LogP contribution is 2.36. The summed E-state index contributed by atoms with van der Waals surface area (Å²) in [5.74, 6) is 0.172. The molecule has 1 aromatic carbocycles. The first-order valence-corrected chi connectivity index (χ1v) is 10.8. The second-order valence-electron chi connectivity index (χ2n) is 6.95. The van der Waals surface area contributed by atoms with Crippen molar-refractivity contribution in [2.24, 2.45) is 5.92 Å². The van der Waals surface area contributed by atoms with Crippen molar-refractivity contribution in [3.63, 3.8) is 0 Å². The molecule has 0 aliphatic rings. The monoisotopic (exact) mass is 358 g/mol. The number of rotatable bonds is 6. The second-order valence-corrected chi connectivity index (χ2v) is 12.7. The topological polar surface area (TPSA) is 29.5 Å². The van der Waals surface area contributed by atoms with Crippen LogP contribution in [0.15, 0.2) is 28.7 Å². The van der Waals surface area contributed by atoms with Crippen LogP contribution in [0.2, 0.25) is 18.1 Å². The molecule has 1 unspecified atom stereocenters. The van der Waals surface area contributed by atoms with Crippen molar-refractivity contribution in [2.45, 2.75) is 45.3 Å². The number of aliphatic hydroxyl groups excluding tert-OH is 1. The fourth-order valence-electron chi connectivity index (χ4n) is 1.67. The number of aliphatic hydroxyl groups is 1. The Hall–Kier alpha value is -0.163. The third-order valence-electron chi connectivity index (χ3n) is 4.18. The van der Waals surface area contributed by atoms with Gasteiger partial charge in [-0.25, -0.2) is 0 Å². The van der Waals surface area contributed by atoms with Crippen LogP contribution in [0.5, 0.6) is 0 Å². The fourth-order valence-corrected chi connectivity index (χ4v) is 3.02. The van der Waals surface area contributed by atoms with Crippen molar-refractivity contribution in [1.82, 2.24) is 0 Å². The predicted molar refractivity (Wildman–Crippen MR) is 91.6 cm³/mol. The smallest absolute Gasteiger partial charge is 0.191 e. The van der Waals surface area contributed by atoms with Gasteiger partial charge in [0.2, 0.25) is 0 Å². The van der Waals surface area contributed by atoms with Gasteiger partial charge < -0.3 is 9.53 Å². The van der Waals surface area contributed by atoms with Gasteiger partial charge >= 0.3 is 0 Å². The van der Waals surface area contributed by atoms with Crippen LogP contribution in [0, 0.1) is 5.92 Å². The summed E-state index contributed by atoms with van der Waals surface area (Å²) < 4.78 is 7.30. The Morgan fingerprint density at radius 2 is 1.75 bits per heavy atom. The Bertz CT molecular complexity index is 409. The Morgan fingerprint density at radius 1 is 1.20 bits per heavy atom. The summed E-state index contributed by atoms with van der Waals surface area (Å²) in [7, 11) is -1.73. The molecule has 1 atom stereocenters. The van der Waals surface area contributed by atoms with Crippen LogP contribution in [0.25, 0.3) is 0 Å². The third-order valence-corrected chi connectivity index (χ3v) is 9.21. The van der Waals surface area contributed by atoms with Gasteiger partial charge in [-0.2, -0.15) is 0 Å². The summed E-state index contributed by atoms with van der Waals surface area (Å²) in [5, 5.41) is 9.78. The summed E-state index contributed by atoms with van der Waals surface area (Å²) >= 11 is 3.44. The minimum atomic E-state index is -1.73. The normalized spacial score (nSPS) is 14.3. The molecule has 0 saturated carbocycles. The van der Waals surface area contributed by atoms with E-state index in [4.69, 9.17) is 4.43 Å². The first-order chi connectivity index (χ1) is 9.15. The largest absolute Gasteiger partial charge is 0.416 e. The van der Waals surface area contributed by atoms with Crippen LogP contribution in [-0.4, -0.2) is 26.6 Å². The third kappa shape index (κ3) is 5.32. The van der Waals surface area contributed by atoms with Crippen LogP contribution in [0.3, 0.4) is 0 Å². The molecule has 114 valence electrons. The van der Waals surface area contributed by atoms with Gasteiger partial charge in [-0.05, 0) is 42.2 Å². The fraction of sp³-hybridized carbons (Fsp3) is 0.625. The minimum Gasteiger partial charge on any atom is -0.416 e. The minimum absolute atomic E-state index is 0.171.